The minimum atomic E-state index is 0.654. The van der Waals surface area contributed by atoms with Crippen molar-refractivity contribution >= 4 is 5.82 Å². The van der Waals surface area contributed by atoms with Gasteiger partial charge in [-0.15, -0.1) is 0 Å². The highest BCUT2D eigenvalue weighted by Crippen LogP contribution is 2.29. The topological polar surface area (TPSA) is 28.2 Å². The zero-order valence-electron chi connectivity index (χ0n) is 13.4. The normalized spacial score (nSPS) is 19.1. The van der Waals surface area contributed by atoms with E-state index in [1.165, 1.54) is 29.9 Å². The number of rotatable bonds is 6. The summed E-state index contributed by atoms with van der Waals surface area (Å²) in [7, 11) is 0. The van der Waals surface area contributed by atoms with E-state index in [1.807, 2.05) is 0 Å². The molecule has 1 fully saturated rings. The highest BCUT2D eigenvalue weighted by Gasteiger charge is 2.28. The standard InChI is InChI=1S/C17H29N3/c1-5-15-10-14(12-18-6-2)11-17(19-15)20-9-7-8-16(20)13(3)4/h10-11,13,16,18H,5-9,12H2,1-4H3. The minimum absolute atomic E-state index is 0.654. The molecule has 1 atom stereocenters. The molecule has 1 aliphatic rings. The highest BCUT2D eigenvalue weighted by molar-refractivity contribution is 5.45. The average Bonchev–Trinajstić information content (AvgIpc) is 2.94. The first-order chi connectivity index (χ1) is 9.65. The molecule has 20 heavy (non-hydrogen) atoms. The summed E-state index contributed by atoms with van der Waals surface area (Å²) in [5.74, 6) is 1.88. The summed E-state index contributed by atoms with van der Waals surface area (Å²) in [5, 5.41) is 3.42. The maximum Gasteiger partial charge on any atom is 0.129 e. The fourth-order valence-electron chi connectivity index (χ4n) is 3.10. The molecule has 1 saturated heterocycles. The lowest BCUT2D eigenvalue weighted by Gasteiger charge is -2.29. The predicted molar refractivity (Wildman–Crippen MR) is 86.2 cm³/mol. The molecular formula is C17H29N3. The van der Waals surface area contributed by atoms with E-state index in [1.54, 1.807) is 0 Å². The maximum absolute atomic E-state index is 4.87. The van der Waals surface area contributed by atoms with Crippen molar-refractivity contribution in [3.8, 4) is 0 Å². The summed E-state index contributed by atoms with van der Waals surface area (Å²) in [4.78, 5) is 7.40. The van der Waals surface area contributed by atoms with Crippen molar-refractivity contribution < 1.29 is 0 Å². The van der Waals surface area contributed by atoms with Crippen LogP contribution in [0.4, 0.5) is 5.82 Å². The summed E-state index contributed by atoms with van der Waals surface area (Å²) in [6.45, 7) is 12.1. The Kier molecular flexibility index (Phi) is 5.41. The number of anilines is 1. The molecule has 0 aliphatic carbocycles. The van der Waals surface area contributed by atoms with Crippen LogP contribution in [0.15, 0.2) is 12.1 Å². The molecule has 1 unspecified atom stereocenters. The summed E-state index contributed by atoms with van der Waals surface area (Å²) in [6, 6.07) is 5.18. The zero-order valence-corrected chi connectivity index (χ0v) is 13.4. The van der Waals surface area contributed by atoms with Crippen LogP contribution >= 0.6 is 0 Å². The lowest BCUT2D eigenvalue weighted by Crippen LogP contribution is -2.34. The lowest BCUT2D eigenvalue weighted by molar-refractivity contribution is 0.489. The van der Waals surface area contributed by atoms with Crippen molar-refractivity contribution in [3.05, 3.63) is 23.4 Å². The lowest BCUT2D eigenvalue weighted by atomic mass is 10.0. The quantitative estimate of drug-likeness (QED) is 0.862. The smallest absolute Gasteiger partial charge is 0.129 e. The van der Waals surface area contributed by atoms with Crippen LogP contribution in [-0.4, -0.2) is 24.1 Å². The van der Waals surface area contributed by atoms with Crippen LogP contribution in [0.25, 0.3) is 0 Å². The first kappa shape index (κ1) is 15.3. The summed E-state index contributed by atoms with van der Waals surface area (Å²) in [6.07, 6.45) is 3.61. The highest BCUT2D eigenvalue weighted by atomic mass is 15.2. The summed E-state index contributed by atoms with van der Waals surface area (Å²) >= 11 is 0. The van der Waals surface area contributed by atoms with E-state index >= 15 is 0 Å². The van der Waals surface area contributed by atoms with Gasteiger partial charge in [-0.25, -0.2) is 4.98 Å². The van der Waals surface area contributed by atoms with Crippen LogP contribution in [0.1, 0.15) is 51.8 Å². The molecular weight excluding hydrogens is 246 g/mol. The second-order valence-corrected chi connectivity index (χ2v) is 6.11. The fourth-order valence-corrected chi connectivity index (χ4v) is 3.10. The van der Waals surface area contributed by atoms with Gasteiger partial charge in [0, 0.05) is 24.8 Å². The van der Waals surface area contributed by atoms with Crippen LogP contribution in [0.2, 0.25) is 0 Å². The first-order valence-electron chi connectivity index (χ1n) is 8.12. The second-order valence-electron chi connectivity index (χ2n) is 6.11. The Morgan fingerprint density at radius 1 is 1.35 bits per heavy atom. The van der Waals surface area contributed by atoms with Crippen LogP contribution < -0.4 is 10.2 Å². The summed E-state index contributed by atoms with van der Waals surface area (Å²) < 4.78 is 0. The van der Waals surface area contributed by atoms with E-state index in [-0.39, 0.29) is 0 Å². The van der Waals surface area contributed by atoms with Crippen molar-refractivity contribution in [1.82, 2.24) is 10.3 Å². The zero-order chi connectivity index (χ0) is 14.5. The number of aryl methyl sites for hydroxylation is 1. The Bertz CT molecular complexity index is 428. The molecule has 0 spiro atoms. The van der Waals surface area contributed by atoms with Gasteiger partial charge < -0.3 is 10.2 Å². The molecule has 1 N–H and O–H groups in total. The number of pyridine rings is 1. The maximum atomic E-state index is 4.87. The van der Waals surface area contributed by atoms with Crippen molar-refractivity contribution in [1.29, 1.82) is 0 Å². The number of nitrogens with zero attached hydrogens (tertiary/aromatic N) is 2. The van der Waals surface area contributed by atoms with Crippen molar-refractivity contribution in [2.45, 2.75) is 59.5 Å². The molecule has 0 saturated carbocycles. The van der Waals surface area contributed by atoms with Crippen LogP contribution in [0.5, 0.6) is 0 Å². The molecule has 3 heteroatoms. The van der Waals surface area contributed by atoms with E-state index in [4.69, 9.17) is 4.98 Å². The Hall–Kier alpha value is -1.09. The van der Waals surface area contributed by atoms with E-state index in [0.717, 1.165) is 26.1 Å². The van der Waals surface area contributed by atoms with E-state index in [0.29, 0.717) is 12.0 Å². The molecule has 0 radical (unpaired) electrons. The molecule has 112 valence electrons. The third-order valence-electron chi connectivity index (χ3n) is 4.23. The third kappa shape index (κ3) is 3.51. The largest absolute Gasteiger partial charge is 0.353 e. The number of nitrogens with one attached hydrogen (secondary N) is 1. The number of hydrogen-bond acceptors (Lipinski definition) is 3. The Morgan fingerprint density at radius 3 is 2.80 bits per heavy atom. The molecule has 3 nitrogen and oxygen atoms in total. The first-order valence-corrected chi connectivity index (χ1v) is 8.12. The van der Waals surface area contributed by atoms with Gasteiger partial charge in [-0.1, -0.05) is 27.7 Å². The fraction of sp³-hybridized carbons (Fsp3) is 0.706. The molecule has 0 bridgehead atoms. The van der Waals surface area contributed by atoms with Crippen molar-refractivity contribution in [2.24, 2.45) is 5.92 Å². The Labute approximate surface area is 123 Å². The molecule has 0 amide bonds. The Balaban J connectivity index is 2.25. The van der Waals surface area contributed by atoms with E-state index in [9.17, 15) is 0 Å². The number of aromatic nitrogens is 1. The van der Waals surface area contributed by atoms with Gasteiger partial charge in [0.25, 0.3) is 0 Å². The van der Waals surface area contributed by atoms with Gasteiger partial charge in [0.2, 0.25) is 0 Å². The number of hydrogen-bond donors (Lipinski definition) is 1. The van der Waals surface area contributed by atoms with E-state index < -0.39 is 0 Å². The molecule has 0 aromatic carbocycles. The van der Waals surface area contributed by atoms with Crippen LogP contribution in [0.3, 0.4) is 0 Å². The van der Waals surface area contributed by atoms with Gasteiger partial charge in [0.05, 0.1) is 0 Å². The average molecular weight is 275 g/mol. The minimum Gasteiger partial charge on any atom is -0.353 e. The third-order valence-corrected chi connectivity index (χ3v) is 4.23. The monoisotopic (exact) mass is 275 g/mol. The molecule has 1 aromatic rings. The molecule has 2 rings (SSSR count). The molecule has 1 aromatic heterocycles. The van der Waals surface area contributed by atoms with Gasteiger partial charge in [-0.2, -0.15) is 0 Å². The molecule has 1 aliphatic heterocycles. The Morgan fingerprint density at radius 2 is 2.15 bits per heavy atom. The van der Waals surface area contributed by atoms with E-state index in [2.05, 4.69) is 50.0 Å². The summed E-state index contributed by atoms with van der Waals surface area (Å²) in [5.41, 5.74) is 2.58. The predicted octanol–water partition coefficient (Wildman–Crippen LogP) is 3.38. The van der Waals surface area contributed by atoms with Crippen molar-refractivity contribution in [2.75, 3.05) is 18.0 Å². The second kappa shape index (κ2) is 7.07. The van der Waals surface area contributed by atoms with Crippen LogP contribution in [0, 0.1) is 5.92 Å². The van der Waals surface area contributed by atoms with Gasteiger partial charge in [0.1, 0.15) is 5.82 Å². The van der Waals surface area contributed by atoms with Gasteiger partial charge >= 0.3 is 0 Å². The van der Waals surface area contributed by atoms with Crippen molar-refractivity contribution in [3.63, 3.8) is 0 Å². The van der Waals surface area contributed by atoms with Gasteiger partial charge in [-0.3, -0.25) is 0 Å². The van der Waals surface area contributed by atoms with Gasteiger partial charge in [0.15, 0.2) is 0 Å². The van der Waals surface area contributed by atoms with Crippen LogP contribution in [-0.2, 0) is 13.0 Å². The van der Waals surface area contributed by atoms with Gasteiger partial charge in [-0.05, 0) is 49.4 Å². The molecule has 2 heterocycles. The SMILES string of the molecule is CCNCc1cc(CC)nc(N2CCCC2C(C)C)c1.